The van der Waals surface area contributed by atoms with Gasteiger partial charge in [0.1, 0.15) is 0 Å². The van der Waals surface area contributed by atoms with E-state index >= 15 is 0 Å². The molecule has 0 aliphatic carbocycles. The highest BCUT2D eigenvalue weighted by Crippen LogP contribution is 2.15. The van der Waals surface area contributed by atoms with Crippen LogP contribution in [0.5, 0.6) is 0 Å². The van der Waals surface area contributed by atoms with E-state index in [0.717, 1.165) is 12.0 Å². The molecule has 2 atom stereocenters. The number of Topliss-reactive ketones (excluding diaryl/α,β-unsaturated/α-hetero) is 1. The van der Waals surface area contributed by atoms with Crippen molar-refractivity contribution in [3.63, 3.8) is 0 Å². The van der Waals surface area contributed by atoms with Crippen LogP contribution in [-0.4, -0.2) is 29.8 Å². The largest absolute Gasteiger partial charge is 0.294 e. The van der Waals surface area contributed by atoms with Crippen LogP contribution >= 0.6 is 0 Å². The standard InChI is InChI=1S/C16H25NO/c1-7-13(4)17(6)14(5)16(18)15-9-8-11(2)12(3)10-15/h8-10,13-14H,7H2,1-6H3. The Morgan fingerprint density at radius 3 is 2.33 bits per heavy atom. The Hall–Kier alpha value is -1.15. The SMILES string of the molecule is CCC(C)N(C)C(C)C(=O)c1ccc(C)c(C)c1. The number of carbonyl (C=O) groups excluding carboxylic acids is 1. The second kappa shape index (κ2) is 6.14. The molecule has 2 nitrogen and oxygen atoms in total. The molecule has 0 heterocycles. The Labute approximate surface area is 111 Å². The zero-order valence-electron chi connectivity index (χ0n) is 12.4. The highest BCUT2D eigenvalue weighted by Gasteiger charge is 2.22. The third kappa shape index (κ3) is 3.20. The molecule has 0 spiro atoms. The molecule has 0 N–H and O–H groups in total. The van der Waals surface area contributed by atoms with Gasteiger partial charge >= 0.3 is 0 Å². The van der Waals surface area contributed by atoms with E-state index in [2.05, 4.69) is 32.6 Å². The fourth-order valence-electron chi connectivity index (χ4n) is 1.99. The van der Waals surface area contributed by atoms with E-state index in [-0.39, 0.29) is 11.8 Å². The zero-order chi connectivity index (χ0) is 13.9. The predicted octanol–water partition coefficient (Wildman–Crippen LogP) is 3.60. The summed E-state index contributed by atoms with van der Waals surface area (Å²) in [5.41, 5.74) is 3.23. The van der Waals surface area contributed by atoms with Crippen molar-refractivity contribution in [1.82, 2.24) is 4.90 Å². The van der Waals surface area contributed by atoms with E-state index in [1.54, 1.807) is 0 Å². The second-order valence-electron chi connectivity index (χ2n) is 5.26. The lowest BCUT2D eigenvalue weighted by atomic mass is 9.99. The maximum absolute atomic E-state index is 12.4. The maximum atomic E-state index is 12.4. The quantitative estimate of drug-likeness (QED) is 0.741. The molecule has 1 aromatic carbocycles. The van der Waals surface area contributed by atoms with Gasteiger partial charge in [0.2, 0.25) is 0 Å². The summed E-state index contributed by atoms with van der Waals surface area (Å²) < 4.78 is 0. The fraction of sp³-hybridized carbons (Fsp3) is 0.562. The summed E-state index contributed by atoms with van der Waals surface area (Å²) in [5.74, 6) is 0.209. The molecular formula is C16H25NO. The van der Waals surface area contributed by atoms with E-state index in [1.807, 2.05) is 32.2 Å². The van der Waals surface area contributed by atoms with Crippen LogP contribution in [0.15, 0.2) is 18.2 Å². The second-order valence-corrected chi connectivity index (χ2v) is 5.26. The lowest BCUT2D eigenvalue weighted by Gasteiger charge is -2.29. The van der Waals surface area contributed by atoms with Crippen LogP contribution < -0.4 is 0 Å². The normalized spacial score (nSPS) is 14.6. The molecule has 1 aromatic rings. The first-order valence-corrected chi connectivity index (χ1v) is 6.71. The molecule has 2 unspecified atom stereocenters. The molecule has 1 rings (SSSR count). The number of nitrogens with zero attached hydrogens (tertiary/aromatic N) is 1. The third-order valence-electron chi connectivity index (χ3n) is 4.07. The average Bonchev–Trinajstić information content (AvgIpc) is 2.38. The molecular weight excluding hydrogens is 222 g/mol. The minimum Gasteiger partial charge on any atom is -0.294 e. The van der Waals surface area contributed by atoms with Crippen LogP contribution in [0.1, 0.15) is 48.7 Å². The summed E-state index contributed by atoms with van der Waals surface area (Å²) in [6, 6.07) is 6.32. The molecule has 2 heteroatoms. The molecule has 0 aliphatic rings. The zero-order valence-corrected chi connectivity index (χ0v) is 12.4. The fourth-order valence-corrected chi connectivity index (χ4v) is 1.99. The van der Waals surface area contributed by atoms with Crippen molar-refractivity contribution in [3.8, 4) is 0 Å². The van der Waals surface area contributed by atoms with Crippen LogP contribution in [0.4, 0.5) is 0 Å². The van der Waals surface area contributed by atoms with Crippen molar-refractivity contribution in [2.45, 2.75) is 53.1 Å². The topological polar surface area (TPSA) is 20.3 Å². The van der Waals surface area contributed by atoms with Gasteiger partial charge in [0.05, 0.1) is 6.04 Å². The smallest absolute Gasteiger partial charge is 0.179 e. The van der Waals surface area contributed by atoms with Gasteiger partial charge in [-0.2, -0.15) is 0 Å². The summed E-state index contributed by atoms with van der Waals surface area (Å²) >= 11 is 0. The molecule has 0 amide bonds. The van der Waals surface area contributed by atoms with Crippen LogP contribution in [0.25, 0.3) is 0 Å². The summed E-state index contributed by atoms with van der Waals surface area (Å²) in [7, 11) is 2.03. The van der Waals surface area contributed by atoms with Gasteiger partial charge in [0, 0.05) is 11.6 Å². The van der Waals surface area contributed by atoms with E-state index in [0.29, 0.717) is 6.04 Å². The van der Waals surface area contributed by atoms with Gasteiger partial charge in [-0.1, -0.05) is 19.1 Å². The lowest BCUT2D eigenvalue weighted by Crippen LogP contribution is -2.41. The third-order valence-corrected chi connectivity index (χ3v) is 4.07. The van der Waals surface area contributed by atoms with E-state index in [9.17, 15) is 4.79 Å². The van der Waals surface area contributed by atoms with Gasteiger partial charge in [-0.15, -0.1) is 0 Å². The van der Waals surface area contributed by atoms with Crippen molar-refractivity contribution in [2.24, 2.45) is 0 Å². The molecule has 0 bridgehead atoms. The van der Waals surface area contributed by atoms with E-state index < -0.39 is 0 Å². The van der Waals surface area contributed by atoms with Crippen LogP contribution in [0.2, 0.25) is 0 Å². The van der Waals surface area contributed by atoms with Crippen molar-refractivity contribution in [2.75, 3.05) is 7.05 Å². The molecule has 0 fully saturated rings. The van der Waals surface area contributed by atoms with Gasteiger partial charge in [-0.25, -0.2) is 0 Å². The van der Waals surface area contributed by atoms with Crippen molar-refractivity contribution < 1.29 is 4.79 Å². The molecule has 0 aliphatic heterocycles. The molecule has 0 saturated carbocycles. The first-order valence-electron chi connectivity index (χ1n) is 6.71. The number of ketones is 1. The Morgan fingerprint density at radius 1 is 1.22 bits per heavy atom. The molecule has 0 saturated heterocycles. The maximum Gasteiger partial charge on any atom is 0.179 e. The number of benzene rings is 1. The van der Waals surface area contributed by atoms with Crippen molar-refractivity contribution in [1.29, 1.82) is 0 Å². The Bertz CT molecular complexity index is 425. The molecule has 18 heavy (non-hydrogen) atoms. The Kier molecular flexibility index (Phi) is 5.09. The summed E-state index contributed by atoms with van der Waals surface area (Å²) in [4.78, 5) is 14.6. The minimum absolute atomic E-state index is 0.0675. The van der Waals surface area contributed by atoms with Crippen molar-refractivity contribution >= 4 is 5.78 Å². The number of rotatable bonds is 5. The highest BCUT2D eigenvalue weighted by atomic mass is 16.1. The average molecular weight is 247 g/mol. The van der Waals surface area contributed by atoms with E-state index in [4.69, 9.17) is 0 Å². The number of hydrogen-bond donors (Lipinski definition) is 0. The van der Waals surface area contributed by atoms with Crippen LogP contribution in [0.3, 0.4) is 0 Å². The van der Waals surface area contributed by atoms with Crippen LogP contribution in [0, 0.1) is 13.8 Å². The monoisotopic (exact) mass is 247 g/mol. The first kappa shape index (κ1) is 14.9. The highest BCUT2D eigenvalue weighted by molar-refractivity contribution is 6.00. The van der Waals surface area contributed by atoms with Gasteiger partial charge in [-0.05, 0) is 58.4 Å². The van der Waals surface area contributed by atoms with Crippen LogP contribution in [-0.2, 0) is 0 Å². The number of likely N-dealkylation sites (N-methyl/N-ethyl adjacent to an activating group) is 1. The number of carbonyl (C=O) groups is 1. The molecule has 100 valence electrons. The number of hydrogen-bond acceptors (Lipinski definition) is 2. The van der Waals surface area contributed by atoms with Gasteiger partial charge in [0.15, 0.2) is 5.78 Å². The Morgan fingerprint density at radius 2 is 1.83 bits per heavy atom. The lowest BCUT2D eigenvalue weighted by molar-refractivity contribution is 0.0824. The first-order chi connectivity index (χ1) is 8.38. The predicted molar refractivity (Wildman–Crippen MR) is 77.2 cm³/mol. The summed E-state index contributed by atoms with van der Waals surface area (Å²) in [6.45, 7) is 10.4. The number of aryl methyl sites for hydroxylation is 2. The van der Waals surface area contributed by atoms with Gasteiger partial charge in [0.25, 0.3) is 0 Å². The molecule has 0 radical (unpaired) electrons. The summed E-state index contributed by atoms with van der Waals surface area (Å²) in [5, 5.41) is 0. The van der Waals surface area contributed by atoms with Crippen molar-refractivity contribution in [3.05, 3.63) is 34.9 Å². The van der Waals surface area contributed by atoms with E-state index in [1.165, 1.54) is 11.1 Å². The van der Waals surface area contributed by atoms with Gasteiger partial charge < -0.3 is 0 Å². The summed E-state index contributed by atoms with van der Waals surface area (Å²) in [6.07, 6.45) is 1.06. The minimum atomic E-state index is -0.0675. The Balaban J connectivity index is 2.89. The van der Waals surface area contributed by atoms with Gasteiger partial charge in [-0.3, -0.25) is 9.69 Å². The molecule has 0 aromatic heterocycles.